The van der Waals surface area contributed by atoms with Gasteiger partial charge in [0, 0.05) is 18.5 Å². The number of sulfonamides is 1. The Balaban J connectivity index is 3.22. The lowest BCUT2D eigenvalue weighted by Gasteiger charge is -2.26. The van der Waals surface area contributed by atoms with E-state index in [1.807, 2.05) is 39.8 Å². The second-order valence-corrected chi connectivity index (χ2v) is 7.26. The lowest BCUT2D eigenvalue weighted by Crippen LogP contribution is -2.38. The smallest absolute Gasteiger partial charge is 0.207 e. The van der Waals surface area contributed by atoms with Gasteiger partial charge in [0.25, 0.3) is 0 Å². The molecule has 0 aliphatic heterocycles. The number of nitrogens with zero attached hydrogens (tertiary/aromatic N) is 1. The second kappa shape index (κ2) is 6.73. The van der Waals surface area contributed by atoms with E-state index < -0.39 is 10.0 Å². The molecule has 1 aromatic carbocycles. The molecular formula is C14H22ClNO2S. The van der Waals surface area contributed by atoms with Crippen molar-refractivity contribution in [3.05, 3.63) is 29.3 Å². The van der Waals surface area contributed by atoms with Gasteiger partial charge in [-0.25, -0.2) is 8.42 Å². The van der Waals surface area contributed by atoms with E-state index in [0.29, 0.717) is 23.7 Å². The fourth-order valence-corrected chi connectivity index (χ4v) is 4.09. The van der Waals surface area contributed by atoms with Crippen LogP contribution >= 0.6 is 11.6 Å². The van der Waals surface area contributed by atoms with Gasteiger partial charge in [-0.05, 0) is 51.3 Å². The lowest BCUT2D eigenvalue weighted by molar-refractivity contribution is 0.354. The first-order valence-electron chi connectivity index (χ1n) is 6.45. The second-order valence-electron chi connectivity index (χ2n) is 5.02. The average Bonchev–Trinajstić information content (AvgIpc) is 2.32. The van der Waals surface area contributed by atoms with Crippen molar-refractivity contribution in [1.29, 1.82) is 0 Å². The highest BCUT2D eigenvalue weighted by atomic mass is 35.5. The summed E-state index contributed by atoms with van der Waals surface area (Å²) in [6.45, 7) is 7.95. The maximum atomic E-state index is 12.7. The number of hydrogen-bond acceptors (Lipinski definition) is 2. The van der Waals surface area contributed by atoms with Crippen LogP contribution in [0.15, 0.2) is 23.1 Å². The maximum absolute atomic E-state index is 12.7. The van der Waals surface area contributed by atoms with Crippen molar-refractivity contribution in [1.82, 2.24) is 4.31 Å². The Kier molecular flexibility index (Phi) is 5.83. The third kappa shape index (κ3) is 3.94. The summed E-state index contributed by atoms with van der Waals surface area (Å²) in [5, 5.41) is 0. The van der Waals surface area contributed by atoms with Crippen LogP contribution in [0.3, 0.4) is 0 Å². The molecule has 0 saturated heterocycles. The number of rotatable bonds is 6. The summed E-state index contributed by atoms with van der Waals surface area (Å²) < 4.78 is 27.0. The predicted molar refractivity (Wildman–Crippen MR) is 80.3 cm³/mol. The molecule has 0 amide bonds. The minimum absolute atomic E-state index is 0.0758. The summed E-state index contributed by atoms with van der Waals surface area (Å²) in [7, 11) is -3.45. The number of halogens is 1. The van der Waals surface area contributed by atoms with Gasteiger partial charge in [0.2, 0.25) is 10.0 Å². The Morgan fingerprint density at radius 2 is 1.89 bits per heavy atom. The Hall–Kier alpha value is -0.580. The molecule has 0 atom stereocenters. The number of alkyl halides is 1. The van der Waals surface area contributed by atoms with Gasteiger partial charge >= 0.3 is 0 Å². The van der Waals surface area contributed by atoms with E-state index in [1.165, 1.54) is 4.31 Å². The van der Waals surface area contributed by atoms with Crippen LogP contribution in [0.2, 0.25) is 0 Å². The van der Waals surface area contributed by atoms with Crippen molar-refractivity contribution in [2.75, 3.05) is 12.4 Å². The molecule has 0 heterocycles. The lowest BCUT2D eigenvalue weighted by atomic mass is 10.2. The first-order valence-corrected chi connectivity index (χ1v) is 8.43. The van der Waals surface area contributed by atoms with Crippen molar-refractivity contribution in [3.63, 3.8) is 0 Å². The van der Waals surface area contributed by atoms with E-state index in [9.17, 15) is 8.42 Å². The molecule has 0 unspecified atom stereocenters. The molecule has 0 radical (unpaired) electrons. The van der Waals surface area contributed by atoms with E-state index in [1.54, 1.807) is 6.07 Å². The molecule has 1 aromatic rings. The molecule has 0 aliphatic rings. The topological polar surface area (TPSA) is 37.4 Å². The molecule has 0 bridgehead atoms. The number of benzene rings is 1. The van der Waals surface area contributed by atoms with Gasteiger partial charge in [0.1, 0.15) is 0 Å². The number of hydrogen-bond donors (Lipinski definition) is 0. The molecule has 3 nitrogen and oxygen atoms in total. The maximum Gasteiger partial charge on any atom is 0.243 e. The Morgan fingerprint density at radius 1 is 1.26 bits per heavy atom. The Bertz CT molecular complexity index is 526. The van der Waals surface area contributed by atoms with Crippen LogP contribution in [0.25, 0.3) is 0 Å². The monoisotopic (exact) mass is 303 g/mol. The molecule has 0 N–H and O–H groups in total. The van der Waals surface area contributed by atoms with Crippen molar-refractivity contribution >= 4 is 21.6 Å². The molecule has 108 valence electrons. The van der Waals surface area contributed by atoms with Gasteiger partial charge < -0.3 is 0 Å². The standard InChI is InChI=1S/C14H22ClNO2S/c1-11(2)16(9-5-8-15)19(17,18)14-10-12(3)6-7-13(14)4/h6-7,10-11H,5,8-9H2,1-4H3. The van der Waals surface area contributed by atoms with E-state index in [-0.39, 0.29) is 6.04 Å². The SMILES string of the molecule is Cc1ccc(C)c(S(=O)(=O)N(CCCCl)C(C)C)c1. The number of aryl methyl sites for hydroxylation is 2. The normalized spacial score (nSPS) is 12.4. The summed E-state index contributed by atoms with van der Waals surface area (Å²) >= 11 is 5.68. The van der Waals surface area contributed by atoms with Crippen molar-refractivity contribution < 1.29 is 8.42 Å². The zero-order valence-electron chi connectivity index (χ0n) is 12.0. The molecule has 0 saturated carbocycles. The van der Waals surface area contributed by atoms with E-state index >= 15 is 0 Å². The zero-order valence-corrected chi connectivity index (χ0v) is 13.6. The highest BCUT2D eigenvalue weighted by Gasteiger charge is 2.27. The molecule has 0 fully saturated rings. The fraction of sp³-hybridized carbons (Fsp3) is 0.571. The predicted octanol–water partition coefficient (Wildman–Crippen LogP) is 3.33. The summed E-state index contributed by atoms with van der Waals surface area (Å²) in [5.74, 6) is 0.464. The summed E-state index contributed by atoms with van der Waals surface area (Å²) in [6.07, 6.45) is 0.657. The molecule has 19 heavy (non-hydrogen) atoms. The van der Waals surface area contributed by atoms with E-state index in [4.69, 9.17) is 11.6 Å². The average molecular weight is 304 g/mol. The van der Waals surface area contributed by atoms with Crippen LogP contribution < -0.4 is 0 Å². The fourth-order valence-electron chi connectivity index (χ4n) is 1.98. The minimum atomic E-state index is -3.45. The van der Waals surface area contributed by atoms with Gasteiger partial charge in [-0.1, -0.05) is 12.1 Å². The third-order valence-electron chi connectivity index (χ3n) is 3.02. The Morgan fingerprint density at radius 3 is 2.42 bits per heavy atom. The first-order chi connectivity index (χ1) is 8.80. The summed E-state index contributed by atoms with van der Waals surface area (Å²) in [5.41, 5.74) is 1.73. The summed E-state index contributed by atoms with van der Waals surface area (Å²) in [4.78, 5) is 0.399. The Labute approximate surface area is 121 Å². The van der Waals surface area contributed by atoms with Gasteiger partial charge in [0.15, 0.2) is 0 Å². The van der Waals surface area contributed by atoms with Crippen LogP contribution in [0.4, 0.5) is 0 Å². The minimum Gasteiger partial charge on any atom is -0.207 e. The first kappa shape index (κ1) is 16.5. The molecule has 0 aromatic heterocycles. The highest BCUT2D eigenvalue weighted by molar-refractivity contribution is 7.89. The summed E-state index contributed by atoms with van der Waals surface area (Å²) in [6, 6.07) is 5.43. The third-order valence-corrected chi connectivity index (χ3v) is 5.50. The molecule has 0 spiro atoms. The van der Waals surface area contributed by atoms with Crippen LogP contribution in [0.1, 0.15) is 31.4 Å². The van der Waals surface area contributed by atoms with Gasteiger partial charge in [-0.15, -0.1) is 11.6 Å². The van der Waals surface area contributed by atoms with Gasteiger partial charge in [-0.3, -0.25) is 0 Å². The van der Waals surface area contributed by atoms with Crippen LogP contribution in [-0.2, 0) is 10.0 Å². The van der Waals surface area contributed by atoms with E-state index in [0.717, 1.165) is 11.1 Å². The molecule has 1 rings (SSSR count). The van der Waals surface area contributed by atoms with Crippen molar-refractivity contribution in [3.8, 4) is 0 Å². The quantitative estimate of drug-likeness (QED) is 0.756. The van der Waals surface area contributed by atoms with Gasteiger partial charge in [0.05, 0.1) is 4.90 Å². The van der Waals surface area contributed by atoms with Gasteiger partial charge in [-0.2, -0.15) is 4.31 Å². The zero-order chi connectivity index (χ0) is 14.6. The molecule has 0 aliphatic carbocycles. The molecular weight excluding hydrogens is 282 g/mol. The molecule has 5 heteroatoms. The van der Waals surface area contributed by atoms with Crippen LogP contribution in [0.5, 0.6) is 0 Å². The van der Waals surface area contributed by atoms with Crippen LogP contribution in [-0.4, -0.2) is 31.2 Å². The highest BCUT2D eigenvalue weighted by Crippen LogP contribution is 2.23. The van der Waals surface area contributed by atoms with Crippen LogP contribution in [0, 0.1) is 13.8 Å². The van der Waals surface area contributed by atoms with E-state index in [2.05, 4.69) is 0 Å². The van der Waals surface area contributed by atoms with Crippen molar-refractivity contribution in [2.45, 2.75) is 45.1 Å². The largest absolute Gasteiger partial charge is 0.243 e. The van der Waals surface area contributed by atoms with Crippen molar-refractivity contribution in [2.24, 2.45) is 0 Å².